The van der Waals surface area contributed by atoms with Crippen LogP contribution in [0.25, 0.3) is 5.69 Å². The van der Waals surface area contributed by atoms with Crippen LogP contribution in [-0.4, -0.2) is 26.0 Å². The van der Waals surface area contributed by atoms with Gasteiger partial charge in [-0.05, 0) is 47.4 Å². The van der Waals surface area contributed by atoms with Gasteiger partial charge in [0.15, 0.2) is 0 Å². The molecule has 0 aliphatic heterocycles. The number of rotatable bonds is 7. The summed E-state index contributed by atoms with van der Waals surface area (Å²) in [5.41, 5.74) is 2.41. The molecule has 0 atom stereocenters. The van der Waals surface area contributed by atoms with Crippen LogP contribution in [-0.2, 0) is 6.42 Å². The van der Waals surface area contributed by atoms with E-state index in [1.54, 1.807) is 11.8 Å². The number of tetrazole rings is 1. The Labute approximate surface area is 118 Å². The zero-order valence-electron chi connectivity index (χ0n) is 11.5. The van der Waals surface area contributed by atoms with Crippen LogP contribution in [0, 0.1) is 0 Å². The van der Waals surface area contributed by atoms with Gasteiger partial charge in [0.1, 0.15) is 0 Å². The molecule has 1 aromatic heterocycles. The van der Waals surface area contributed by atoms with E-state index in [-0.39, 0.29) is 0 Å². The average molecular weight is 276 g/mol. The lowest BCUT2D eigenvalue weighted by Gasteiger charge is -2.05. The number of hydrogen-bond donors (Lipinski definition) is 0. The summed E-state index contributed by atoms with van der Waals surface area (Å²) in [5, 5.41) is 12.8. The standard InChI is InChI=1S/C14H20N4S/c1-3-5-6-12-7-9-13(10-8-12)18-14(15-16-17-18)19-11-4-2/h7-10H,3-6,11H2,1-2H3. The summed E-state index contributed by atoms with van der Waals surface area (Å²) in [6.45, 7) is 4.37. The molecule has 102 valence electrons. The molecule has 0 amide bonds. The molecular formula is C14H20N4S. The summed E-state index contributed by atoms with van der Waals surface area (Å²) >= 11 is 1.69. The normalized spacial score (nSPS) is 10.8. The highest BCUT2D eigenvalue weighted by atomic mass is 32.2. The summed E-state index contributed by atoms with van der Waals surface area (Å²) < 4.78 is 1.81. The third kappa shape index (κ3) is 3.80. The lowest BCUT2D eigenvalue weighted by Crippen LogP contribution is -1.99. The molecule has 4 nitrogen and oxygen atoms in total. The molecule has 0 aliphatic rings. The Morgan fingerprint density at radius 3 is 2.58 bits per heavy atom. The number of nitrogens with zero attached hydrogens (tertiary/aromatic N) is 4. The second kappa shape index (κ2) is 7.28. The van der Waals surface area contributed by atoms with Gasteiger partial charge < -0.3 is 0 Å². The van der Waals surface area contributed by atoms with Crippen LogP contribution in [0.5, 0.6) is 0 Å². The van der Waals surface area contributed by atoms with E-state index in [9.17, 15) is 0 Å². The summed E-state index contributed by atoms with van der Waals surface area (Å²) in [4.78, 5) is 0. The van der Waals surface area contributed by atoms with Crippen molar-refractivity contribution in [3.63, 3.8) is 0 Å². The highest BCUT2D eigenvalue weighted by Gasteiger charge is 2.08. The van der Waals surface area contributed by atoms with Crippen molar-refractivity contribution < 1.29 is 0 Å². The quantitative estimate of drug-likeness (QED) is 0.726. The maximum absolute atomic E-state index is 4.07. The molecule has 0 unspecified atom stereocenters. The molecule has 0 saturated heterocycles. The zero-order valence-corrected chi connectivity index (χ0v) is 12.4. The van der Waals surface area contributed by atoms with Crippen molar-refractivity contribution in [2.75, 3.05) is 5.75 Å². The number of benzene rings is 1. The average Bonchev–Trinajstić information content (AvgIpc) is 2.92. The van der Waals surface area contributed by atoms with Crippen LogP contribution in [0.1, 0.15) is 38.7 Å². The minimum absolute atomic E-state index is 0.864. The van der Waals surface area contributed by atoms with Crippen molar-refractivity contribution in [1.29, 1.82) is 0 Å². The minimum atomic E-state index is 0.864. The predicted molar refractivity (Wildman–Crippen MR) is 78.8 cm³/mol. The largest absolute Gasteiger partial charge is 0.214 e. The van der Waals surface area contributed by atoms with Crippen molar-refractivity contribution in [1.82, 2.24) is 20.2 Å². The van der Waals surface area contributed by atoms with Crippen LogP contribution >= 0.6 is 11.8 Å². The maximum Gasteiger partial charge on any atom is 0.214 e. The van der Waals surface area contributed by atoms with Gasteiger partial charge in [-0.1, -0.05) is 44.2 Å². The highest BCUT2D eigenvalue weighted by Crippen LogP contribution is 2.19. The molecule has 1 heterocycles. The van der Waals surface area contributed by atoms with Crippen LogP contribution in [0.2, 0.25) is 0 Å². The van der Waals surface area contributed by atoms with E-state index in [0.29, 0.717) is 0 Å². The van der Waals surface area contributed by atoms with Gasteiger partial charge in [0.2, 0.25) is 5.16 Å². The molecule has 0 saturated carbocycles. The molecule has 1 aromatic carbocycles. The number of thioether (sulfide) groups is 1. The van der Waals surface area contributed by atoms with Crippen molar-refractivity contribution in [3.8, 4) is 5.69 Å². The maximum atomic E-state index is 4.07. The monoisotopic (exact) mass is 276 g/mol. The van der Waals surface area contributed by atoms with Gasteiger partial charge in [-0.25, -0.2) is 0 Å². The fraction of sp³-hybridized carbons (Fsp3) is 0.500. The van der Waals surface area contributed by atoms with Gasteiger partial charge in [-0.15, -0.1) is 5.10 Å². The van der Waals surface area contributed by atoms with Gasteiger partial charge >= 0.3 is 0 Å². The number of hydrogen-bond acceptors (Lipinski definition) is 4. The van der Waals surface area contributed by atoms with Crippen LogP contribution < -0.4 is 0 Å². The summed E-state index contributed by atoms with van der Waals surface area (Å²) in [7, 11) is 0. The number of unbranched alkanes of at least 4 members (excludes halogenated alkanes) is 1. The lowest BCUT2D eigenvalue weighted by atomic mass is 10.1. The van der Waals surface area contributed by atoms with E-state index in [1.807, 2.05) is 4.68 Å². The molecule has 0 N–H and O–H groups in total. The summed E-state index contributed by atoms with van der Waals surface area (Å²) in [6, 6.07) is 8.52. The Kier molecular flexibility index (Phi) is 5.39. The van der Waals surface area contributed by atoms with Crippen LogP contribution in [0.15, 0.2) is 29.4 Å². The van der Waals surface area contributed by atoms with E-state index in [4.69, 9.17) is 0 Å². The van der Waals surface area contributed by atoms with E-state index < -0.39 is 0 Å². The topological polar surface area (TPSA) is 43.6 Å². The van der Waals surface area contributed by atoms with Gasteiger partial charge in [0.25, 0.3) is 0 Å². The SMILES string of the molecule is CCCCc1ccc(-n2nnnc2SCCC)cc1. The van der Waals surface area contributed by atoms with E-state index in [0.717, 1.165) is 29.4 Å². The Balaban J connectivity index is 2.11. The van der Waals surface area contributed by atoms with Crippen LogP contribution in [0.4, 0.5) is 0 Å². The smallest absolute Gasteiger partial charge is 0.188 e. The summed E-state index contributed by atoms with van der Waals surface area (Å²) in [6.07, 6.45) is 4.73. The van der Waals surface area contributed by atoms with Gasteiger partial charge in [0, 0.05) is 5.75 Å². The molecule has 0 fully saturated rings. The van der Waals surface area contributed by atoms with Gasteiger partial charge in [-0.3, -0.25) is 0 Å². The van der Waals surface area contributed by atoms with Crippen molar-refractivity contribution in [2.45, 2.75) is 44.7 Å². The Morgan fingerprint density at radius 1 is 1.11 bits per heavy atom. The molecule has 0 bridgehead atoms. The van der Waals surface area contributed by atoms with E-state index >= 15 is 0 Å². The molecule has 5 heteroatoms. The fourth-order valence-electron chi connectivity index (χ4n) is 1.81. The fourth-order valence-corrected chi connectivity index (χ4v) is 2.55. The molecule has 0 spiro atoms. The number of aryl methyl sites for hydroxylation is 1. The second-order valence-corrected chi connectivity index (χ2v) is 5.55. The Morgan fingerprint density at radius 2 is 1.89 bits per heavy atom. The molecular weight excluding hydrogens is 256 g/mol. The molecule has 19 heavy (non-hydrogen) atoms. The third-order valence-corrected chi connectivity index (χ3v) is 4.00. The summed E-state index contributed by atoms with van der Waals surface area (Å²) in [5.74, 6) is 1.04. The molecule has 0 aliphatic carbocycles. The second-order valence-electron chi connectivity index (χ2n) is 4.49. The van der Waals surface area contributed by atoms with Gasteiger partial charge in [-0.2, -0.15) is 4.68 Å². The van der Waals surface area contributed by atoms with Gasteiger partial charge in [0.05, 0.1) is 5.69 Å². The first-order chi connectivity index (χ1) is 9.35. The van der Waals surface area contributed by atoms with E-state index in [2.05, 4.69) is 53.6 Å². The molecule has 2 aromatic rings. The molecule has 0 radical (unpaired) electrons. The molecule has 2 rings (SSSR count). The minimum Gasteiger partial charge on any atom is -0.188 e. The highest BCUT2D eigenvalue weighted by molar-refractivity contribution is 7.99. The van der Waals surface area contributed by atoms with Crippen molar-refractivity contribution in [2.24, 2.45) is 0 Å². The number of aromatic nitrogens is 4. The van der Waals surface area contributed by atoms with E-state index in [1.165, 1.54) is 18.4 Å². The zero-order chi connectivity index (χ0) is 13.5. The first-order valence-electron chi connectivity index (χ1n) is 6.85. The Hall–Kier alpha value is -1.36. The van der Waals surface area contributed by atoms with Crippen LogP contribution in [0.3, 0.4) is 0 Å². The predicted octanol–water partition coefficient (Wildman–Crippen LogP) is 3.51. The van der Waals surface area contributed by atoms with Crippen molar-refractivity contribution >= 4 is 11.8 Å². The first-order valence-corrected chi connectivity index (χ1v) is 7.84. The first kappa shape index (κ1) is 14.1. The van der Waals surface area contributed by atoms with Crippen molar-refractivity contribution in [3.05, 3.63) is 29.8 Å². The Bertz CT molecular complexity index is 492. The third-order valence-electron chi connectivity index (χ3n) is 2.88. The lowest BCUT2D eigenvalue weighted by molar-refractivity contribution is 0.753.